The first-order valence-electron chi connectivity index (χ1n) is 8.14. The Bertz CT molecular complexity index is 789. The molecule has 25 heavy (non-hydrogen) atoms. The molecule has 3 nitrogen and oxygen atoms in total. The van der Waals surface area contributed by atoms with Gasteiger partial charge in [-0.15, -0.1) is 0 Å². The maximum absolute atomic E-state index is 6.28. The van der Waals surface area contributed by atoms with E-state index in [1.54, 1.807) is 7.11 Å². The summed E-state index contributed by atoms with van der Waals surface area (Å²) in [6.07, 6.45) is 0. The van der Waals surface area contributed by atoms with Crippen molar-refractivity contribution in [3.05, 3.63) is 46.4 Å². The second-order valence-electron chi connectivity index (χ2n) is 7.15. The molecule has 0 saturated carbocycles. The standard InChI is InChI=1S/C19H21BCl2O3/c1-18(2)19(3,4)25-20(24-18)14-9-7-6-8-13(14)12-10-15(21)17(22)16(11-12)23-5/h6-11H,1-5H3. The van der Waals surface area contributed by atoms with Crippen molar-refractivity contribution in [2.75, 3.05) is 7.11 Å². The first-order chi connectivity index (χ1) is 11.7. The predicted octanol–water partition coefficient (Wildman–Crippen LogP) is 4.97. The van der Waals surface area contributed by atoms with E-state index in [9.17, 15) is 0 Å². The van der Waals surface area contributed by atoms with Crippen LogP contribution in [-0.2, 0) is 9.31 Å². The average molecular weight is 379 g/mol. The summed E-state index contributed by atoms with van der Waals surface area (Å²) in [5.74, 6) is 0.535. The van der Waals surface area contributed by atoms with Crippen molar-refractivity contribution in [1.82, 2.24) is 0 Å². The molecule has 0 bridgehead atoms. The zero-order valence-electron chi connectivity index (χ0n) is 15.0. The van der Waals surface area contributed by atoms with Gasteiger partial charge in [-0.05, 0) is 56.4 Å². The topological polar surface area (TPSA) is 27.7 Å². The summed E-state index contributed by atoms with van der Waals surface area (Å²) in [4.78, 5) is 0. The van der Waals surface area contributed by atoms with Gasteiger partial charge in [0.1, 0.15) is 10.8 Å². The third-order valence-electron chi connectivity index (χ3n) is 4.99. The minimum absolute atomic E-state index is 0.403. The molecule has 0 amide bonds. The highest BCUT2D eigenvalue weighted by atomic mass is 35.5. The number of benzene rings is 2. The fraction of sp³-hybridized carbons (Fsp3) is 0.368. The van der Waals surface area contributed by atoms with E-state index in [0.717, 1.165) is 16.6 Å². The van der Waals surface area contributed by atoms with Gasteiger partial charge in [-0.25, -0.2) is 0 Å². The van der Waals surface area contributed by atoms with Crippen molar-refractivity contribution in [3.8, 4) is 16.9 Å². The molecule has 1 heterocycles. The molecule has 0 atom stereocenters. The SMILES string of the molecule is COc1cc(-c2ccccc2B2OC(C)(C)C(C)(C)O2)cc(Cl)c1Cl. The largest absolute Gasteiger partial charge is 0.495 e. The Balaban J connectivity index is 2.08. The van der Waals surface area contributed by atoms with Gasteiger partial charge in [-0.2, -0.15) is 0 Å². The van der Waals surface area contributed by atoms with Crippen LogP contribution in [0.15, 0.2) is 36.4 Å². The summed E-state index contributed by atoms with van der Waals surface area (Å²) in [5, 5.41) is 0.848. The van der Waals surface area contributed by atoms with E-state index in [0.29, 0.717) is 15.8 Å². The molecular formula is C19H21BCl2O3. The Morgan fingerprint density at radius 1 is 0.960 bits per heavy atom. The number of hydrogen-bond acceptors (Lipinski definition) is 3. The molecule has 6 heteroatoms. The van der Waals surface area contributed by atoms with E-state index in [1.165, 1.54) is 0 Å². The fourth-order valence-corrected chi connectivity index (χ4v) is 3.20. The number of ether oxygens (including phenoxy) is 1. The van der Waals surface area contributed by atoms with E-state index in [-0.39, 0.29) is 0 Å². The highest BCUT2D eigenvalue weighted by molar-refractivity contribution is 6.64. The van der Waals surface area contributed by atoms with E-state index in [1.807, 2.05) is 64.1 Å². The molecule has 0 aliphatic carbocycles. The van der Waals surface area contributed by atoms with Crippen molar-refractivity contribution in [2.24, 2.45) is 0 Å². The molecule has 1 aliphatic rings. The third-order valence-corrected chi connectivity index (χ3v) is 5.78. The molecule has 1 aliphatic heterocycles. The summed E-state index contributed by atoms with van der Waals surface area (Å²) in [6.45, 7) is 8.16. The van der Waals surface area contributed by atoms with Gasteiger partial charge in [0.15, 0.2) is 0 Å². The Hall–Kier alpha value is -1.20. The lowest BCUT2D eigenvalue weighted by atomic mass is 9.74. The summed E-state index contributed by atoms with van der Waals surface area (Å²) in [5.41, 5.74) is 2.01. The molecule has 1 fully saturated rings. The minimum Gasteiger partial charge on any atom is -0.495 e. The van der Waals surface area contributed by atoms with Crippen LogP contribution in [0.3, 0.4) is 0 Å². The van der Waals surface area contributed by atoms with Gasteiger partial charge in [0, 0.05) is 0 Å². The van der Waals surface area contributed by atoms with Crippen LogP contribution in [0.4, 0.5) is 0 Å². The zero-order valence-corrected chi connectivity index (χ0v) is 16.5. The zero-order chi connectivity index (χ0) is 18.4. The highest BCUT2D eigenvalue weighted by Crippen LogP contribution is 2.39. The average Bonchev–Trinajstić information content (AvgIpc) is 2.78. The Morgan fingerprint density at radius 2 is 1.56 bits per heavy atom. The van der Waals surface area contributed by atoms with E-state index in [4.69, 9.17) is 37.2 Å². The Labute approximate surface area is 159 Å². The lowest BCUT2D eigenvalue weighted by Gasteiger charge is -2.32. The molecule has 0 spiro atoms. The van der Waals surface area contributed by atoms with Crippen molar-refractivity contribution in [2.45, 2.75) is 38.9 Å². The number of hydrogen-bond donors (Lipinski definition) is 0. The van der Waals surface area contributed by atoms with Crippen molar-refractivity contribution < 1.29 is 14.0 Å². The van der Waals surface area contributed by atoms with Gasteiger partial charge < -0.3 is 14.0 Å². The number of halogens is 2. The van der Waals surface area contributed by atoms with Gasteiger partial charge in [0.25, 0.3) is 0 Å². The van der Waals surface area contributed by atoms with Gasteiger partial charge in [-0.1, -0.05) is 47.5 Å². The van der Waals surface area contributed by atoms with Crippen LogP contribution in [0.1, 0.15) is 27.7 Å². The lowest BCUT2D eigenvalue weighted by Crippen LogP contribution is -2.41. The molecule has 0 aromatic heterocycles. The molecule has 132 valence electrons. The predicted molar refractivity (Wildman–Crippen MR) is 104 cm³/mol. The molecule has 0 unspecified atom stereocenters. The molecule has 2 aromatic rings. The highest BCUT2D eigenvalue weighted by Gasteiger charge is 2.52. The molecular weight excluding hydrogens is 358 g/mol. The number of rotatable bonds is 3. The second-order valence-corrected chi connectivity index (χ2v) is 7.93. The van der Waals surface area contributed by atoms with Crippen LogP contribution >= 0.6 is 23.2 Å². The smallest absolute Gasteiger partial charge is 0.495 e. The lowest BCUT2D eigenvalue weighted by molar-refractivity contribution is 0.00578. The van der Waals surface area contributed by atoms with E-state index < -0.39 is 18.3 Å². The van der Waals surface area contributed by atoms with Gasteiger partial charge in [0.05, 0.1) is 23.3 Å². The molecule has 0 radical (unpaired) electrons. The first kappa shape index (κ1) is 18.6. The quantitative estimate of drug-likeness (QED) is 0.705. The molecule has 2 aromatic carbocycles. The van der Waals surface area contributed by atoms with Gasteiger partial charge >= 0.3 is 7.12 Å². The summed E-state index contributed by atoms with van der Waals surface area (Å²) in [7, 11) is 1.11. The van der Waals surface area contributed by atoms with Crippen LogP contribution in [0, 0.1) is 0 Å². The van der Waals surface area contributed by atoms with Gasteiger partial charge in [-0.3, -0.25) is 0 Å². The molecule has 1 saturated heterocycles. The maximum atomic E-state index is 6.28. The van der Waals surface area contributed by atoms with Crippen molar-refractivity contribution >= 4 is 35.8 Å². The van der Waals surface area contributed by atoms with E-state index in [2.05, 4.69) is 0 Å². The van der Waals surface area contributed by atoms with Crippen LogP contribution in [0.2, 0.25) is 10.0 Å². The third kappa shape index (κ3) is 3.29. The fourth-order valence-electron chi connectivity index (χ4n) is 2.80. The second kappa shape index (κ2) is 6.51. The van der Waals surface area contributed by atoms with Crippen molar-refractivity contribution in [1.29, 1.82) is 0 Å². The Morgan fingerprint density at radius 3 is 2.16 bits per heavy atom. The van der Waals surface area contributed by atoms with Crippen LogP contribution in [0.5, 0.6) is 5.75 Å². The summed E-state index contributed by atoms with van der Waals surface area (Å²) in [6, 6.07) is 11.7. The molecule has 3 rings (SSSR count). The van der Waals surface area contributed by atoms with Crippen molar-refractivity contribution in [3.63, 3.8) is 0 Å². The summed E-state index contributed by atoms with van der Waals surface area (Å²) < 4.78 is 17.8. The van der Waals surface area contributed by atoms with Gasteiger partial charge in [0.2, 0.25) is 0 Å². The Kier molecular flexibility index (Phi) is 4.84. The molecule has 0 N–H and O–H groups in total. The monoisotopic (exact) mass is 378 g/mol. The number of methoxy groups -OCH3 is 1. The normalized spacial score (nSPS) is 18.4. The van der Waals surface area contributed by atoms with E-state index >= 15 is 0 Å². The van der Waals surface area contributed by atoms with Crippen LogP contribution < -0.4 is 10.2 Å². The first-order valence-corrected chi connectivity index (χ1v) is 8.90. The maximum Gasteiger partial charge on any atom is 0.495 e. The minimum atomic E-state index is -0.457. The van der Waals surface area contributed by atoms with Crippen LogP contribution in [0.25, 0.3) is 11.1 Å². The van der Waals surface area contributed by atoms with Crippen LogP contribution in [-0.4, -0.2) is 25.4 Å². The summed E-state index contributed by atoms with van der Waals surface area (Å²) >= 11 is 12.5.